The average Bonchev–Trinajstić information content (AvgIpc) is 3.08. The van der Waals surface area contributed by atoms with E-state index in [2.05, 4.69) is 30.2 Å². The van der Waals surface area contributed by atoms with E-state index in [9.17, 15) is 27.2 Å². The summed E-state index contributed by atoms with van der Waals surface area (Å²) in [6.07, 6.45) is -5.98. The molecule has 12 heteroatoms. The molecule has 1 amide bonds. The van der Waals surface area contributed by atoms with Gasteiger partial charge in [-0.1, -0.05) is 12.1 Å². The zero-order chi connectivity index (χ0) is 21.5. The lowest BCUT2D eigenvalue weighted by Crippen LogP contribution is -2.23. The number of hydrogen-bond acceptors (Lipinski definition) is 5. The molecule has 0 saturated heterocycles. The Morgan fingerprint density at radius 3 is 2.77 bits per heavy atom. The van der Waals surface area contributed by atoms with Crippen molar-refractivity contribution in [3.05, 3.63) is 52.6 Å². The lowest BCUT2D eigenvalue weighted by molar-refractivity contribution is -0.159. The Hall–Kier alpha value is -3.96. The summed E-state index contributed by atoms with van der Waals surface area (Å²) in [7, 11) is 0. The van der Waals surface area contributed by atoms with E-state index in [1.807, 2.05) is 0 Å². The van der Waals surface area contributed by atoms with Gasteiger partial charge in [0, 0.05) is 5.56 Å². The largest absolute Gasteiger partial charge is 0.440 e. The number of carbonyl (C=O) groups excluding carboxylic acids is 1. The lowest BCUT2D eigenvalue weighted by atomic mass is 10.0. The summed E-state index contributed by atoms with van der Waals surface area (Å²) >= 11 is 0. The first-order valence-corrected chi connectivity index (χ1v) is 8.39. The van der Waals surface area contributed by atoms with Gasteiger partial charge in [-0.05, 0) is 24.3 Å². The van der Waals surface area contributed by atoms with Crippen molar-refractivity contribution in [3.63, 3.8) is 0 Å². The van der Waals surface area contributed by atoms with Gasteiger partial charge in [-0.15, -0.1) is 0 Å². The number of aromatic nitrogens is 4. The molecule has 2 aromatic heterocycles. The summed E-state index contributed by atoms with van der Waals surface area (Å²) < 4.78 is 54.8. The molecular weight excluding hydrogens is 410 g/mol. The van der Waals surface area contributed by atoms with Gasteiger partial charge in [0.05, 0.1) is 21.8 Å². The Morgan fingerprint density at radius 1 is 1.20 bits per heavy atom. The number of rotatable bonds is 3. The number of amides is 1. The third-order valence-electron chi connectivity index (χ3n) is 4.11. The molecule has 3 N–H and O–H groups in total. The third-order valence-corrected chi connectivity index (χ3v) is 4.11. The number of anilines is 1. The predicted molar refractivity (Wildman–Crippen MR) is 98.4 cm³/mol. The molecule has 8 nitrogen and oxygen atoms in total. The number of aromatic amines is 2. The Labute approximate surface area is 163 Å². The standard InChI is InChI=1S/C18H11F4N5O3/c19-10-3-1-2-9-13(10)14(26-27-15(9)28)8-4-5-11-12(6-8)24-16(23-11)25-17(29)30-7-18(20,21)22/h1-6H,7H2,(H,27,28)(H2,23,24,25,29). The van der Waals surface area contributed by atoms with E-state index in [0.717, 1.165) is 0 Å². The molecule has 4 rings (SSSR count). The van der Waals surface area contributed by atoms with Crippen molar-refractivity contribution in [1.29, 1.82) is 0 Å². The Morgan fingerprint density at radius 2 is 2.00 bits per heavy atom. The van der Waals surface area contributed by atoms with E-state index >= 15 is 0 Å². The molecule has 30 heavy (non-hydrogen) atoms. The van der Waals surface area contributed by atoms with E-state index in [4.69, 9.17) is 0 Å². The Kier molecular flexibility index (Phi) is 4.60. The number of nitrogens with zero attached hydrogens (tertiary/aromatic N) is 2. The number of benzene rings is 2. The molecule has 0 spiro atoms. The van der Waals surface area contributed by atoms with Crippen LogP contribution in [0.4, 0.5) is 28.3 Å². The maximum atomic E-state index is 14.4. The highest BCUT2D eigenvalue weighted by atomic mass is 19.4. The summed E-state index contributed by atoms with van der Waals surface area (Å²) in [4.78, 5) is 30.1. The third kappa shape index (κ3) is 3.79. The topological polar surface area (TPSA) is 113 Å². The molecule has 0 bridgehead atoms. The van der Waals surface area contributed by atoms with Crippen molar-refractivity contribution in [3.8, 4) is 11.3 Å². The molecule has 0 atom stereocenters. The highest BCUT2D eigenvalue weighted by molar-refractivity contribution is 5.96. The van der Waals surface area contributed by atoms with E-state index in [0.29, 0.717) is 16.6 Å². The second-order valence-corrected chi connectivity index (χ2v) is 6.20. The van der Waals surface area contributed by atoms with Crippen LogP contribution in [0, 0.1) is 5.82 Å². The normalized spacial score (nSPS) is 11.7. The van der Waals surface area contributed by atoms with Gasteiger partial charge in [-0.25, -0.2) is 19.3 Å². The summed E-state index contributed by atoms with van der Waals surface area (Å²) in [6.45, 7) is -1.74. The minimum Gasteiger partial charge on any atom is -0.440 e. The van der Waals surface area contributed by atoms with Gasteiger partial charge in [0.2, 0.25) is 5.95 Å². The van der Waals surface area contributed by atoms with Gasteiger partial charge in [-0.3, -0.25) is 10.1 Å². The molecule has 4 aromatic rings. The molecule has 0 unspecified atom stereocenters. The van der Waals surface area contributed by atoms with Gasteiger partial charge < -0.3 is 9.72 Å². The second kappa shape index (κ2) is 7.13. The summed E-state index contributed by atoms with van der Waals surface area (Å²) in [5.41, 5.74) is 0.830. The van der Waals surface area contributed by atoms with Crippen LogP contribution in [0.1, 0.15) is 0 Å². The van der Waals surface area contributed by atoms with Crippen molar-refractivity contribution >= 4 is 33.8 Å². The number of halogens is 4. The van der Waals surface area contributed by atoms with Crippen molar-refractivity contribution < 1.29 is 27.1 Å². The fraction of sp³-hybridized carbons (Fsp3) is 0.111. The van der Waals surface area contributed by atoms with Gasteiger partial charge in [-0.2, -0.15) is 18.3 Å². The van der Waals surface area contributed by atoms with Crippen LogP contribution < -0.4 is 10.9 Å². The molecule has 0 aliphatic heterocycles. The van der Waals surface area contributed by atoms with Crippen LogP contribution in [0.15, 0.2) is 41.2 Å². The number of H-pyrrole nitrogens is 2. The molecule has 0 aliphatic carbocycles. The highest BCUT2D eigenvalue weighted by Crippen LogP contribution is 2.29. The van der Waals surface area contributed by atoms with Crippen LogP contribution in [0.5, 0.6) is 0 Å². The van der Waals surface area contributed by atoms with Gasteiger partial charge in [0.25, 0.3) is 5.56 Å². The molecule has 2 aromatic carbocycles. The van der Waals surface area contributed by atoms with Crippen LogP contribution in [0.25, 0.3) is 33.1 Å². The van der Waals surface area contributed by atoms with E-state index < -0.39 is 30.3 Å². The average molecular weight is 421 g/mol. The molecule has 0 fully saturated rings. The molecule has 2 heterocycles. The van der Waals surface area contributed by atoms with Crippen molar-refractivity contribution in [1.82, 2.24) is 20.2 Å². The van der Waals surface area contributed by atoms with Crippen LogP contribution in [0.2, 0.25) is 0 Å². The van der Waals surface area contributed by atoms with Crippen LogP contribution in [-0.4, -0.2) is 39.0 Å². The Balaban J connectivity index is 1.67. The Bertz CT molecular complexity index is 1330. The van der Waals surface area contributed by atoms with E-state index in [1.165, 1.54) is 24.3 Å². The van der Waals surface area contributed by atoms with Gasteiger partial charge in [0.1, 0.15) is 11.5 Å². The van der Waals surface area contributed by atoms with Crippen LogP contribution in [-0.2, 0) is 4.74 Å². The van der Waals surface area contributed by atoms with Gasteiger partial charge >= 0.3 is 12.3 Å². The van der Waals surface area contributed by atoms with Crippen molar-refractivity contribution in [2.24, 2.45) is 0 Å². The smallest absolute Gasteiger partial charge is 0.422 e. The lowest BCUT2D eigenvalue weighted by Gasteiger charge is -2.07. The van der Waals surface area contributed by atoms with Crippen LogP contribution >= 0.6 is 0 Å². The monoisotopic (exact) mass is 421 g/mol. The first kappa shape index (κ1) is 19.4. The number of nitrogens with one attached hydrogen (secondary N) is 3. The SMILES string of the molecule is O=C(Nc1nc2ccc(-c3n[nH]c(=O)c4cccc(F)c34)cc2[nH]1)OCC(F)(F)F. The first-order chi connectivity index (χ1) is 14.2. The predicted octanol–water partition coefficient (Wildman–Crippen LogP) is 3.72. The fourth-order valence-corrected chi connectivity index (χ4v) is 2.88. The number of carbonyl (C=O) groups is 1. The summed E-state index contributed by atoms with van der Waals surface area (Å²) in [6, 6.07) is 8.72. The fourth-order valence-electron chi connectivity index (χ4n) is 2.88. The molecule has 0 radical (unpaired) electrons. The summed E-state index contributed by atoms with van der Waals surface area (Å²) in [5, 5.41) is 8.47. The van der Waals surface area contributed by atoms with Crippen molar-refractivity contribution in [2.75, 3.05) is 11.9 Å². The number of hydrogen-bond donors (Lipinski definition) is 3. The maximum absolute atomic E-state index is 14.4. The van der Waals surface area contributed by atoms with Crippen LogP contribution in [0.3, 0.4) is 0 Å². The zero-order valence-corrected chi connectivity index (χ0v) is 14.8. The molecular formula is C18H11F4N5O3. The number of fused-ring (bicyclic) bond motifs is 2. The van der Waals surface area contributed by atoms with Gasteiger partial charge in [0.15, 0.2) is 6.61 Å². The molecule has 0 saturated carbocycles. The minimum absolute atomic E-state index is 0.0363. The second-order valence-electron chi connectivity index (χ2n) is 6.20. The van der Waals surface area contributed by atoms with E-state index in [-0.39, 0.29) is 22.4 Å². The maximum Gasteiger partial charge on any atom is 0.422 e. The molecule has 0 aliphatic rings. The van der Waals surface area contributed by atoms with Crippen molar-refractivity contribution in [2.45, 2.75) is 6.18 Å². The number of alkyl halides is 3. The number of ether oxygens (including phenoxy) is 1. The minimum atomic E-state index is -4.65. The summed E-state index contributed by atoms with van der Waals surface area (Å²) in [5.74, 6) is -0.764. The first-order valence-electron chi connectivity index (χ1n) is 8.39. The highest BCUT2D eigenvalue weighted by Gasteiger charge is 2.29. The number of imidazole rings is 1. The molecule has 154 valence electrons. The quantitative estimate of drug-likeness (QED) is 0.437. The van der Waals surface area contributed by atoms with E-state index in [1.54, 1.807) is 12.1 Å². The zero-order valence-electron chi connectivity index (χ0n) is 14.8.